The molecule has 1 saturated carbocycles. The number of carbonyl (C=O) groups excluding carboxylic acids is 1. The van der Waals surface area contributed by atoms with E-state index < -0.39 is 0 Å². The second-order valence-corrected chi connectivity index (χ2v) is 7.58. The molecule has 4 nitrogen and oxygen atoms in total. The first-order valence-corrected chi connectivity index (χ1v) is 8.82. The number of benzene rings is 1. The van der Waals surface area contributed by atoms with Crippen LogP contribution in [0.5, 0.6) is 0 Å². The molecule has 1 aromatic carbocycles. The molecule has 0 aromatic heterocycles. The number of piperazine rings is 1. The lowest BCUT2D eigenvalue weighted by molar-refractivity contribution is -0.122. The number of amides is 1. The molecule has 1 aliphatic carbocycles. The van der Waals surface area contributed by atoms with E-state index in [0.717, 1.165) is 31.6 Å². The summed E-state index contributed by atoms with van der Waals surface area (Å²) in [6.45, 7) is 3.84. The largest absolute Gasteiger partial charge is 0.354 e. The van der Waals surface area contributed by atoms with Gasteiger partial charge in [0.1, 0.15) is 0 Å². The Morgan fingerprint density at radius 1 is 1.26 bits per heavy atom. The van der Waals surface area contributed by atoms with Crippen LogP contribution in [0, 0.1) is 5.92 Å². The van der Waals surface area contributed by atoms with Crippen molar-refractivity contribution in [2.75, 3.05) is 40.3 Å². The minimum atomic E-state index is 0.0684. The van der Waals surface area contributed by atoms with Gasteiger partial charge in [-0.3, -0.25) is 9.69 Å². The predicted molar refractivity (Wildman–Crippen MR) is 94.2 cm³/mol. The molecule has 2 aliphatic rings. The van der Waals surface area contributed by atoms with Crippen LogP contribution in [-0.2, 0) is 4.79 Å². The van der Waals surface area contributed by atoms with Gasteiger partial charge in [-0.05, 0) is 44.1 Å². The minimum absolute atomic E-state index is 0.0684. The molecule has 1 aliphatic heterocycles. The van der Waals surface area contributed by atoms with Crippen LogP contribution in [0.2, 0.25) is 10.0 Å². The molecule has 1 amide bonds. The summed E-state index contributed by atoms with van der Waals surface area (Å²) in [7, 11) is 4.25. The summed E-state index contributed by atoms with van der Waals surface area (Å²) in [5.74, 6) is 0.498. The second-order valence-electron chi connectivity index (χ2n) is 6.76. The van der Waals surface area contributed by atoms with Gasteiger partial charge in [0, 0.05) is 38.1 Å². The molecule has 3 atom stereocenters. The van der Waals surface area contributed by atoms with E-state index in [1.165, 1.54) is 0 Å². The molecule has 1 heterocycles. The maximum atomic E-state index is 12.4. The van der Waals surface area contributed by atoms with E-state index in [9.17, 15) is 4.79 Å². The lowest BCUT2D eigenvalue weighted by Gasteiger charge is -2.37. The van der Waals surface area contributed by atoms with Gasteiger partial charge < -0.3 is 10.2 Å². The van der Waals surface area contributed by atoms with Gasteiger partial charge in [0.25, 0.3) is 0 Å². The number of likely N-dealkylation sites (N-methyl/N-ethyl adjacent to an activating group) is 2. The molecule has 0 radical (unpaired) electrons. The molecule has 1 saturated heterocycles. The van der Waals surface area contributed by atoms with E-state index in [1.54, 1.807) is 6.07 Å². The topological polar surface area (TPSA) is 35.6 Å². The highest BCUT2D eigenvalue weighted by Crippen LogP contribution is 2.48. The zero-order valence-electron chi connectivity index (χ0n) is 13.6. The molecule has 1 aromatic rings. The number of carbonyl (C=O) groups is 1. The molecule has 3 rings (SSSR count). The molecule has 1 N–H and O–H groups in total. The first kappa shape index (κ1) is 17.0. The van der Waals surface area contributed by atoms with Gasteiger partial charge in [-0.2, -0.15) is 0 Å². The maximum Gasteiger partial charge on any atom is 0.223 e. The van der Waals surface area contributed by atoms with Crippen LogP contribution in [0.3, 0.4) is 0 Å². The van der Waals surface area contributed by atoms with Crippen molar-refractivity contribution in [2.45, 2.75) is 18.4 Å². The molecular weight excluding hydrogens is 333 g/mol. The van der Waals surface area contributed by atoms with E-state index in [1.807, 2.05) is 12.1 Å². The van der Waals surface area contributed by atoms with Crippen molar-refractivity contribution in [3.63, 3.8) is 0 Å². The summed E-state index contributed by atoms with van der Waals surface area (Å²) in [6.07, 6.45) is 0.893. The third-order valence-corrected chi connectivity index (χ3v) is 5.73. The molecule has 126 valence electrons. The van der Waals surface area contributed by atoms with Gasteiger partial charge in [0.2, 0.25) is 5.91 Å². The van der Waals surface area contributed by atoms with Crippen LogP contribution in [0.1, 0.15) is 17.9 Å². The van der Waals surface area contributed by atoms with Crippen molar-refractivity contribution in [1.29, 1.82) is 0 Å². The third-order valence-electron chi connectivity index (χ3n) is 4.99. The SMILES string of the molecule is CN1CCN(C)[C@H](CNC(=O)[C@H]2C[C@@H]2c2ccc(Cl)c(Cl)c2)C1. The summed E-state index contributed by atoms with van der Waals surface area (Å²) in [5.41, 5.74) is 1.11. The fourth-order valence-electron chi connectivity index (χ4n) is 3.27. The van der Waals surface area contributed by atoms with Gasteiger partial charge in [-0.15, -0.1) is 0 Å². The van der Waals surface area contributed by atoms with Crippen molar-refractivity contribution < 1.29 is 4.79 Å². The molecule has 0 unspecified atom stereocenters. The van der Waals surface area contributed by atoms with Crippen LogP contribution in [-0.4, -0.2) is 62.0 Å². The Morgan fingerprint density at radius 2 is 2.04 bits per heavy atom. The molecule has 0 spiro atoms. The standard InChI is InChI=1S/C17H23Cl2N3O/c1-21-5-6-22(2)12(10-21)9-20-17(23)14-8-13(14)11-3-4-15(18)16(19)7-11/h3-4,7,12-14H,5-6,8-10H2,1-2H3,(H,20,23)/t12-,13-,14+/m1/s1. The number of hydrogen-bond donors (Lipinski definition) is 1. The highest BCUT2D eigenvalue weighted by atomic mass is 35.5. The molecule has 6 heteroatoms. The molecule has 0 bridgehead atoms. The van der Waals surface area contributed by atoms with Crippen molar-refractivity contribution in [2.24, 2.45) is 5.92 Å². The normalized spacial score (nSPS) is 28.6. The molecule has 23 heavy (non-hydrogen) atoms. The lowest BCUT2D eigenvalue weighted by atomic mass is 10.1. The summed E-state index contributed by atoms with van der Waals surface area (Å²) >= 11 is 12.0. The van der Waals surface area contributed by atoms with Crippen molar-refractivity contribution >= 4 is 29.1 Å². The van der Waals surface area contributed by atoms with Crippen LogP contribution in [0.4, 0.5) is 0 Å². The number of hydrogen-bond acceptors (Lipinski definition) is 3. The van der Waals surface area contributed by atoms with Crippen LogP contribution >= 0.6 is 23.2 Å². The summed E-state index contributed by atoms with van der Waals surface area (Å²) in [6, 6.07) is 6.04. The predicted octanol–water partition coefficient (Wildman–Crippen LogP) is 2.46. The average molecular weight is 356 g/mol. The first-order chi connectivity index (χ1) is 11.0. The fourth-order valence-corrected chi connectivity index (χ4v) is 3.57. The Hall–Kier alpha value is -0.810. The number of nitrogens with one attached hydrogen (secondary N) is 1. The zero-order chi connectivity index (χ0) is 16.6. The first-order valence-electron chi connectivity index (χ1n) is 8.07. The van der Waals surface area contributed by atoms with E-state index >= 15 is 0 Å². The quantitative estimate of drug-likeness (QED) is 0.900. The Labute approximate surface area is 147 Å². The maximum absolute atomic E-state index is 12.4. The average Bonchev–Trinajstić information content (AvgIpc) is 3.31. The van der Waals surface area contributed by atoms with Crippen molar-refractivity contribution in [1.82, 2.24) is 15.1 Å². The summed E-state index contributed by atoms with van der Waals surface area (Å²) in [5, 5.41) is 4.24. The third kappa shape index (κ3) is 4.00. The lowest BCUT2D eigenvalue weighted by Crippen LogP contribution is -2.54. The number of halogens is 2. The Morgan fingerprint density at radius 3 is 2.78 bits per heavy atom. The van der Waals surface area contributed by atoms with E-state index in [-0.39, 0.29) is 17.7 Å². The highest BCUT2D eigenvalue weighted by Gasteiger charge is 2.44. The monoisotopic (exact) mass is 355 g/mol. The minimum Gasteiger partial charge on any atom is -0.354 e. The van der Waals surface area contributed by atoms with Gasteiger partial charge in [-0.25, -0.2) is 0 Å². The molecular formula is C17H23Cl2N3O. The van der Waals surface area contributed by atoms with E-state index in [2.05, 4.69) is 29.2 Å². The van der Waals surface area contributed by atoms with Crippen molar-refractivity contribution in [3.05, 3.63) is 33.8 Å². The van der Waals surface area contributed by atoms with Crippen LogP contribution in [0.25, 0.3) is 0 Å². The Balaban J connectivity index is 1.51. The number of rotatable bonds is 4. The molecule has 2 fully saturated rings. The van der Waals surface area contributed by atoms with Crippen LogP contribution in [0.15, 0.2) is 18.2 Å². The fraction of sp³-hybridized carbons (Fsp3) is 0.588. The Kier molecular flexibility index (Phi) is 5.16. The zero-order valence-corrected chi connectivity index (χ0v) is 15.1. The van der Waals surface area contributed by atoms with E-state index in [4.69, 9.17) is 23.2 Å². The van der Waals surface area contributed by atoms with Crippen molar-refractivity contribution in [3.8, 4) is 0 Å². The number of nitrogens with zero attached hydrogens (tertiary/aromatic N) is 2. The van der Waals surface area contributed by atoms with Gasteiger partial charge >= 0.3 is 0 Å². The van der Waals surface area contributed by atoms with E-state index in [0.29, 0.717) is 22.6 Å². The van der Waals surface area contributed by atoms with Gasteiger partial charge in [-0.1, -0.05) is 29.3 Å². The summed E-state index contributed by atoms with van der Waals surface area (Å²) < 4.78 is 0. The smallest absolute Gasteiger partial charge is 0.223 e. The second kappa shape index (κ2) is 6.98. The van der Waals surface area contributed by atoms with Crippen LogP contribution < -0.4 is 5.32 Å². The highest BCUT2D eigenvalue weighted by molar-refractivity contribution is 6.42. The van der Waals surface area contributed by atoms with Gasteiger partial charge in [0.05, 0.1) is 10.0 Å². The van der Waals surface area contributed by atoms with Gasteiger partial charge in [0.15, 0.2) is 0 Å². The Bertz CT molecular complexity index is 595. The summed E-state index contributed by atoms with van der Waals surface area (Å²) in [4.78, 5) is 17.0.